The van der Waals surface area contributed by atoms with Gasteiger partial charge in [0.2, 0.25) is 0 Å². The van der Waals surface area contributed by atoms with Crippen molar-refractivity contribution in [2.75, 3.05) is 0 Å². The first-order chi connectivity index (χ1) is 12.2. The third-order valence-corrected chi connectivity index (χ3v) is 4.90. The summed E-state index contributed by atoms with van der Waals surface area (Å²) in [5.74, 6) is 0.251. The molecule has 124 valence electrons. The van der Waals surface area contributed by atoms with Gasteiger partial charge in [-0.15, -0.1) is 0 Å². The number of hydrogen-bond donors (Lipinski definition) is 1. The highest BCUT2D eigenvalue weighted by Crippen LogP contribution is 2.31. The second-order valence-corrected chi connectivity index (χ2v) is 6.53. The summed E-state index contributed by atoms with van der Waals surface area (Å²) in [6.07, 6.45) is 7.01. The lowest BCUT2D eigenvalue weighted by Gasteiger charge is -2.21. The van der Waals surface area contributed by atoms with E-state index < -0.39 is 0 Å². The molecule has 0 amide bonds. The number of nitrogens with one attached hydrogen (secondary N) is 1. The summed E-state index contributed by atoms with van der Waals surface area (Å²) in [7, 11) is 0. The van der Waals surface area contributed by atoms with E-state index in [4.69, 9.17) is 0 Å². The molecule has 1 N–H and O–H groups in total. The number of para-hydroxylation sites is 1. The number of hydrogen-bond acceptors (Lipinski definition) is 2. The van der Waals surface area contributed by atoms with E-state index >= 15 is 0 Å². The summed E-state index contributed by atoms with van der Waals surface area (Å²) >= 11 is 0. The van der Waals surface area contributed by atoms with Crippen LogP contribution in [0.1, 0.15) is 29.6 Å². The van der Waals surface area contributed by atoms with Gasteiger partial charge in [0.15, 0.2) is 5.78 Å². The number of ketones is 1. The van der Waals surface area contributed by atoms with Crippen molar-refractivity contribution in [1.29, 1.82) is 0 Å². The van der Waals surface area contributed by atoms with Crippen molar-refractivity contribution in [2.24, 2.45) is 5.92 Å². The molecule has 1 heterocycles. The molecule has 4 rings (SSSR count). The van der Waals surface area contributed by atoms with Crippen molar-refractivity contribution in [2.45, 2.75) is 19.3 Å². The average Bonchev–Trinajstić information content (AvgIpc) is 2.59. The smallest absolute Gasteiger partial charge is 0.260 e. The summed E-state index contributed by atoms with van der Waals surface area (Å²) in [5.41, 5.74) is 2.22. The molecule has 0 spiro atoms. The molecule has 1 aliphatic carbocycles. The Kier molecular flexibility index (Phi) is 4.06. The molecule has 3 aromatic rings. The largest absolute Gasteiger partial charge is 0.321 e. The van der Waals surface area contributed by atoms with E-state index in [1.807, 2.05) is 60.7 Å². The minimum atomic E-state index is -0.333. The Morgan fingerprint density at radius 2 is 1.72 bits per heavy atom. The van der Waals surface area contributed by atoms with Crippen LogP contribution in [0.5, 0.6) is 0 Å². The average molecular weight is 329 g/mol. The predicted molar refractivity (Wildman–Crippen MR) is 101 cm³/mol. The number of carbonyl (C=O) groups excluding carboxylic acids is 1. The molecular weight excluding hydrogens is 310 g/mol. The lowest BCUT2D eigenvalue weighted by Crippen LogP contribution is -2.19. The first kappa shape index (κ1) is 15.6. The van der Waals surface area contributed by atoms with Crippen molar-refractivity contribution in [3.63, 3.8) is 0 Å². The van der Waals surface area contributed by atoms with E-state index in [0.29, 0.717) is 11.5 Å². The molecule has 1 aromatic heterocycles. The zero-order valence-corrected chi connectivity index (χ0v) is 13.9. The number of allylic oxidation sites excluding steroid dienone is 2. The Morgan fingerprint density at radius 1 is 1.00 bits per heavy atom. The van der Waals surface area contributed by atoms with Crippen molar-refractivity contribution < 1.29 is 4.79 Å². The maximum absolute atomic E-state index is 12.8. The van der Waals surface area contributed by atoms with E-state index in [0.717, 1.165) is 29.3 Å². The van der Waals surface area contributed by atoms with Gasteiger partial charge in [-0.2, -0.15) is 0 Å². The molecule has 1 aliphatic rings. The van der Waals surface area contributed by atoms with E-state index in [9.17, 15) is 9.59 Å². The molecule has 0 bridgehead atoms. The number of benzene rings is 2. The molecule has 1 saturated carbocycles. The molecule has 1 fully saturated rings. The molecule has 0 aliphatic heterocycles. The van der Waals surface area contributed by atoms with Crippen molar-refractivity contribution in [1.82, 2.24) is 4.98 Å². The fourth-order valence-corrected chi connectivity index (χ4v) is 3.32. The second-order valence-electron chi connectivity index (χ2n) is 6.53. The summed E-state index contributed by atoms with van der Waals surface area (Å²) in [6.45, 7) is 0. The van der Waals surface area contributed by atoms with Crippen LogP contribution in [0.25, 0.3) is 22.0 Å². The summed E-state index contributed by atoms with van der Waals surface area (Å²) < 4.78 is 0. The SMILES string of the molecule is O=C(/C=C/C1CCC1)c1c(-c2ccccc2)c2ccccc2[nH]c1=O. The van der Waals surface area contributed by atoms with E-state index in [1.54, 1.807) is 6.08 Å². The summed E-state index contributed by atoms with van der Waals surface area (Å²) in [6, 6.07) is 17.3. The van der Waals surface area contributed by atoms with Crippen molar-refractivity contribution in [3.05, 3.63) is 82.7 Å². The monoisotopic (exact) mass is 329 g/mol. The molecule has 2 aromatic carbocycles. The van der Waals surface area contributed by atoms with Crippen LogP contribution in [-0.4, -0.2) is 10.8 Å². The quantitative estimate of drug-likeness (QED) is 0.555. The molecule has 3 nitrogen and oxygen atoms in total. The lowest BCUT2D eigenvalue weighted by atomic mass is 9.85. The highest BCUT2D eigenvalue weighted by molar-refractivity contribution is 6.13. The zero-order chi connectivity index (χ0) is 17.2. The van der Waals surface area contributed by atoms with Crippen LogP contribution in [-0.2, 0) is 0 Å². The van der Waals surface area contributed by atoms with Crippen LogP contribution in [0.2, 0.25) is 0 Å². The van der Waals surface area contributed by atoms with Crippen LogP contribution in [0, 0.1) is 5.92 Å². The van der Waals surface area contributed by atoms with E-state index in [2.05, 4.69) is 4.98 Å². The summed E-state index contributed by atoms with van der Waals surface area (Å²) in [4.78, 5) is 28.4. The van der Waals surface area contributed by atoms with Crippen LogP contribution < -0.4 is 5.56 Å². The number of aromatic nitrogens is 1. The minimum Gasteiger partial charge on any atom is -0.321 e. The van der Waals surface area contributed by atoms with Gasteiger partial charge in [0.05, 0.1) is 5.56 Å². The maximum atomic E-state index is 12.8. The fourth-order valence-electron chi connectivity index (χ4n) is 3.32. The lowest BCUT2D eigenvalue weighted by molar-refractivity contribution is 0.104. The molecular formula is C22H19NO2. The summed E-state index contributed by atoms with van der Waals surface area (Å²) in [5, 5.41) is 0.883. The Labute approximate surface area is 146 Å². The molecule has 25 heavy (non-hydrogen) atoms. The van der Waals surface area contributed by atoms with Gasteiger partial charge in [0.1, 0.15) is 0 Å². The van der Waals surface area contributed by atoms with Crippen LogP contribution in [0.4, 0.5) is 0 Å². The first-order valence-electron chi connectivity index (χ1n) is 8.67. The van der Waals surface area contributed by atoms with Gasteiger partial charge in [0.25, 0.3) is 5.56 Å². The molecule has 0 unspecified atom stereocenters. The highest BCUT2D eigenvalue weighted by Gasteiger charge is 2.20. The van der Waals surface area contributed by atoms with Crippen molar-refractivity contribution in [3.8, 4) is 11.1 Å². The molecule has 0 saturated heterocycles. The maximum Gasteiger partial charge on any atom is 0.260 e. The number of aromatic amines is 1. The third-order valence-electron chi connectivity index (χ3n) is 4.90. The Bertz CT molecular complexity index is 1010. The van der Waals surface area contributed by atoms with Gasteiger partial charge in [-0.25, -0.2) is 0 Å². The molecule has 0 radical (unpaired) electrons. The second kappa shape index (κ2) is 6.52. The third kappa shape index (κ3) is 2.93. The van der Waals surface area contributed by atoms with Crippen molar-refractivity contribution >= 4 is 16.7 Å². The van der Waals surface area contributed by atoms with E-state index in [1.165, 1.54) is 6.42 Å². The fraction of sp³-hybridized carbons (Fsp3) is 0.182. The van der Waals surface area contributed by atoms with Gasteiger partial charge in [-0.3, -0.25) is 9.59 Å². The number of rotatable bonds is 4. The highest BCUT2D eigenvalue weighted by atomic mass is 16.1. The van der Waals surface area contributed by atoms with Gasteiger partial charge in [-0.1, -0.05) is 61.0 Å². The van der Waals surface area contributed by atoms with E-state index in [-0.39, 0.29) is 16.9 Å². The van der Waals surface area contributed by atoms with Crippen LogP contribution >= 0.6 is 0 Å². The number of carbonyl (C=O) groups is 1. The Morgan fingerprint density at radius 3 is 2.44 bits per heavy atom. The van der Waals surface area contributed by atoms with Gasteiger partial charge in [0, 0.05) is 16.5 Å². The van der Waals surface area contributed by atoms with Gasteiger partial charge >= 0.3 is 0 Å². The Hall–Kier alpha value is -2.94. The van der Waals surface area contributed by atoms with Crippen LogP contribution in [0.3, 0.4) is 0 Å². The normalized spacial score (nSPS) is 14.7. The van der Waals surface area contributed by atoms with Gasteiger partial charge in [-0.05, 0) is 36.5 Å². The van der Waals surface area contributed by atoms with Crippen LogP contribution in [0.15, 0.2) is 71.5 Å². The topological polar surface area (TPSA) is 49.9 Å². The molecule has 0 atom stereocenters. The minimum absolute atomic E-state index is 0.223. The number of pyridine rings is 1. The Balaban J connectivity index is 1.93. The molecule has 3 heteroatoms. The number of fused-ring (bicyclic) bond motifs is 1. The first-order valence-corrected chi connectivity index (χ1v) is 8.67. The van der Waals surface area contributed by atoms with Gasteiger partial charge < -0.3 is 4.98 Å². The standard InChI is InChI=1S/C22H19NO2/c24-19(14-13-15-7-6-8-15)21-20(16-9-2-1-3-10-16)17-11-4-5-12-18(17)23-22(21)25/h1-5,9-15H,6-8H2,(H,23,25)/b14-13+. The zero-order valence-electron chi connectivity index (χ0n) is 13.9. The number of H-pyrrole nitrogens is 1. The predicted octanol–water partition coefficient (Wildman–Crippen LogP) is 4.73.